The SMILES string of the molecule is CCOC(=O)N/N=C(\c1ccc(Cl)cc1)c1ccc(OS(=O)(=O)C(F)(F)F)cc1. The van der Waals surface area contributed by atoms with E-state index < -0.39 is 27.5 Å². The van der Waals surface area contributed by atoms with Crippen molar-refractivity contribution in [3.05, 3.63) is 64.7 Å². The molecule has 29 heavy (non-hydrogen) atoms. The Morgan fingerprint density at radius 2 is 1.59 bits per heavy atom. The van der Waals surface area contributed by atoms with Crippen LogP contribution in [0.25, 0.3) is 0 Å². The Balaban J connectivity index is 2.35. The fourth-order valence-electron chi connectivity index (χ4n) is 2.01. The molecule has 0 aliphatic carbocycles. The Morgan fingerprint density at radius 1 is 1.07 bits per heavy atom. The van der Waals surface area contributed by atoms with Crippen molar-refractivity contribution in [3.8, 4) is 5.75 Å². The zero-order valence-corrected chi connectivity index (χ0v) is 16.3. The van der Waals surface area contributed by atoms with E-state index in [1.165, 1.54) is 12.1 Å². The van der Waals surface area contributed by atoms with Crippen LogP contribution in [0.5, 0.6) is 5.75 Å². The second-order valence-corrected chi connectivity index (χ2v) is 7.28. The Labute approximate surface area is 169 Å². The molecular formula is C17H14ClF3N2O5S. The van der Waals surface area contributed by atoms with Gasteiger partial charge in [-0.05, 0) is 43.3 Å². The van der Waals surface area contributed by atoms with E-state index in [9.17, 15) is 26.4 Å². The molecule has 0 aliphatic rings. The normalized spacial score (nSPS) is 12.4. The summed E-state index contributed by atoms with van der Waals surface area (Å²) in [4.78, 5) is 11.5. The van der Waals surface area contributed by atoms with Crippen LogP contribution >= 0.6 is 11.6 Å². The van der Waals surface area contributed by atoms with Crippen molar-refractivity contribution in [2.24, 2.45) is 5.10 Å². The highest BCUT2D eigenvalue weighted by Gasteiger charge is 2.48. The van der Waals surface area contributed by atoms with Crippen molar-refractivity contribution < 1.29 is 35.3 Å². The van der Waals surface area contributed by atoms with Gasteiger partial charge in [-0.2, -0.15) is 26.7 Å². The number of hydrazone groups is 1. The van der Waals surface area contributed by atoms with E-state index in [1.54, 1.807) is 31.2 Å². The van der Waals surface area contributed by atoms with Gasteiger partial charge in [0, 0.05) is 16.1 Å². The van der Waals surface area contributed by atoms with E-state index in [-0.39, 0.29) is 12.3 Å². The summed E-state index contributed by atoms with van der Waals surface area (Å²) in [5.74, 6) is -0.542. The van der Waals surface area contributed by atoms with E-state index in [4.69, 9.17) is 16.3 Å². The highest BCUT2D eigenvalue weighted by Crippen LogP contribution is 2.27. The molecule has 156 valence electrons. The van der Waals surface area contributed by atoms with Gasteiger partial charge in [-0.1, -0.05) is 23.7 Å². The molecule has 0 unspecified atom stereocenters. The first-order valence-electron chi connectivity index (χ1n) is 7.91. The second-order valence-electron chi connectivity index (χ2n) is 5.31. The summed E-state index contributed by atoms with van der Waals surface area (Å²) in [6.07, 6.45) is -0.810. The van der Waals surface area contributed by atoms with Gasteiger partial charge in [0.05, 0.1) is 12.3 Å². The summed E-state index contributed by atoms with van der Waals surface area (Å²) in [6.45, 7) is 1.73. The van der Waals surface area contributed by atoms with Crippen LogP contribution in [0, 0.1) is 0 Å². The second kappa shape index (κ2) is 9.14. The summed E-state index contributed by atoms with van der Waals surface area (Å²) in [5, 5.41) is 4.42. The van der Waals surface area contributed by atoms with Crippen molar-refractivity contribution in [1.29, 1.82) is 0 Å². The number of carbonyl (C=O) groups excluding carboxylic acids is 1. The predicted octanol–water partition coefficient (Wildman–Crippen LogP) is 4.07. The van der Waals surface area contributed by atoms with Gasteiger partial charge < -0.3 is 8.92 Å². The van der Waals surface area contributed by atoms with Crippen LogP contribution in [-0.4, -0.2) is 32.3 Å². The summed E-state index contributed by atoms with van der Waals surface area (Å²) >= 11 is 5.86. The molecule has 2 aromatic rings. The number of nitrogens with one attached hydrogen (secondary N) is 1. The molecular weight excluding hydrogens is 437 g/mol. The maximum atomic E-state index is 12.4. The van der Waals surface area contributed by atoms with Crippen molar-refractivity contribution in [3.63, 3.8) is 0 Å². The van der Waals surface area contributed by atoms with Gasteiger partial charge in [0.25, 0.3) is 0 Å². The van der Waals surface area contributed by atoms with Gasteiger partial charge >= 0.3 is 21.7 Å². The smallest absolute Gasteiger partial charge is 0.449 e. The number of alkyl halides is 3. The largest absolute Gasteiger partial charge is 0.534 e. The minimum Gasteiger partial charge on any atom is -0.449 e. The molecule has 2 rings (SSSR count). The van der Waals surface area contributed by atoms with Crippen molar-refractivity contribution >= 4 is 33.5 Å². The van der Waals surface area contributed by atoms with Gasteiger partial charge in [-0.3, -0.25) is 0 Å². The van der Waals surface area contributed by atoms with Crippen LogP contribution in [0.3, 0.4) is 0 Å². The fourth-order valence-corrected chi connectivity index (χ4v) is 2.60. The van der Waals surface area contributed by atoms with E-state index in [0.29, 0.717) is 16.1 Å². The minimum atomic E-state index is -5.79. The van der Waals surface area contributed by atoms with Crippen molar-refractivity contribution in [1.82, 2.24) is 5.43 Å². The zero-order valence-electron chi connectivity index (χ0n) is 14.7. The van der Waals surface area contributed by atoms with Gasteiger partial charge in [-0.15, -0.1) is 0 Å². The highest BCUT2D eigenvalue weighted by atomic mass is 35.5. The number of rotatable bonds is 6. The van der Waals surface area contributed by atoms with Crippen LogP contribution in [-0.2, 0) is 14.9 Å². The van der Waals surface area contributed by atoms with Crippen molar-refractivity contribution in [2.75, 3.05) is 6.61 Å². The van der Waals surface area contributed by atoms with Gasteiger partial charge in [0.2, 0.25) is 0 Å². The molecule has 0 saturated carbocycles. The first-order valence-corrected chi connectivity index (χ1v) is 9.69. The molecule has 0 spiro atoms. The zero-order chi connectivity index (χ0) is 21.7. The third-order valence-corrected chi connectivity index (χ3v) is 4.50. The third-order valence-electron chi connectivity index (χ3n) is 3.27. The first-order chi connectivity index (χ1) is 13.5. The summed E-state index contributed by atoms with van der Waals surface area (Å²) in [7, 11) is -5.79. The predicted molar refractivity (Wildman–Crippen MR) is 99.3 cm³/mol. The highest BCUT2D eigenvalue weighted by molar-refractivity contribution is 7.88. The first kappa shape index (κ1) is 22.5. The maximum Gasteiger partial charge on any atom is 0.534 e. The van der Waals surface area contributed by atoms with Gasteiger partial charge in [0.1, 0.15) is 5.75 Å². The average Bonchev–Trinajstić information content (AvgIpc) is 2.63. The van der Waals surface area contributed by atoms with Crippen LogP contribution in [0.4, 0.5) is 18.0 Å². The molecule has 0 aromatic heterocycles. The molecule has 0 bridgehead atoms. The molecule has 12 heteroatoms. The number of amides is 1. The Bertz CT molecular complexity index is 991. The number of carbonyl (C=O) groups is 1. The monoisotopic (exact) mass is 450 g/mol. The lowest BCUT2D eigenvalue weighted by molar-refractivity contribution is -0.0500. The average molecular weight is 451 g/mol. The van der Waals surface area contributed by atoms with Crippen LogP contribution < -0.4 is 9.61 Å². The van der Waals surface area contributed by atoms with Crippen LogP contribution in [0.1, 0.15) is 18.1 Å². The Morgan fingerprint density at radius 3 is 2.07 bits per heavy atom. The van der Waals surface area contributed by atoms with Gasteiger partial charge in [-0.25, -0.2) is 10.2 Å². The molecule has 7 nitrogen and oxygen atoms in total. The molecule has 0 saturated heterocycles. The lowest BCUT2D eigenvalue weighted by Crippen LogP contribution is -2.28. The molecule has 1 N–H and O–H groups in total. The minimum absolute atomic E-state index is 0.122. The summed E-state index contributed by atoms with van der Waals surface area (Å²) in [5.41, 5.74) is -2.28. The standard InChI is InChI=1S/C17H14ClF3N2O5S/c1-2-27-16(24)23-22-15(11-3-7-13(18)8-4-11)12-5-9-14(10-6-12)28-29(25,26)17(19,20)21/h3-10H,2H2,1H3,(H,23,24)/b22-15+. The summed E-state index contributed by atoms with van der Waals surface area (Å²) in [6, 6.07) is 11.0. The van der Waals surface area contributed by atoms with Gasteiger partial charge in [0.15, 0.2) is 0 Å². The number of halogens is 4. The molecule has 0 radical (unpaired) electrons. The quantitative estimate of drug-likeness (QED) is 0.310. The molecule has 0 fully saturated rings. The Hall–Kier alpha value is -2.79. The number of ether oxygens (including phenoxy) is 1. The fraction of sp³-hybridized carbons (Fsp3) is 0.176. The van der Waals surface area contributed by atoms with E-state index in [1.807, 2.05) is 0 Å². The molecule has 2 aromatic carbocycles. The lowest BCUT2D eigenvalue weighted by Gasteiger charge is -2.11. The van der Waals surface area contributed by atoms with E-state index >= 15 is 0 Å². The lowest BCUT2D eigenvalue weighted by atomic mass is 10.0. The van der Waals surface area contributed by atoms with Crippen molar-refractivity contribution in [2.45, 2.75) is 12.4 Å². The molecule has 1 amide bonds. The molecule has 0 heterocycles. The number of nitrogens with zero attached hydrogens (tertiary/aromatic N) is 1. The number of hydrogen-bond acceptors (Lipinski definition) is 6. The number of hydrogen-bond donors (Lipinski definition) is 1. The Kier molecular flexibility index (Phi) is 7.09. The van der Waals surface area contributed by atoms with Crippen LogP contribution in [0.2, 0.25) is 5.02 Å². The van der Waals surface area contributed by atoms with E-state index in [0.717, 1.165) is 12.1 Å². The molecule has 0 atom stereocenters. The molecule has 0 aliphatic heterocycles. The topological polar surface area (TPSA) is 94.1 Å². The summed E-state index contributed by atoms with van der Waals surface area (Å²) < 4.78 is 68.2. The van der Waals surface area contributed by atoms with E-state index in [2.05, 4.69) is 14.7 Å². The maximum absolute atomic E-state index is 12.4. The van der Waals surface area contributed by atoms with Crippen LogP contribution in [0.15, 0.2) is 53.6 Å². The third kappa shape index (κ3) is 6.09. The number of benzene rings is 2.